The number of carbonyl (C=O) groups excluding carboxylic acids is 1. The average molecular weight is 440 g/mol. The predicted octanol–water partition coefficient (Wildman–Crippen LogP) is 3.81. The molecule has 30 heavy (non-hydrogen) atoms. The molecule has 1 atom stereocenters. The molecule has 1 amide bonds. The highest BCUT2D eigenvalue weighted by Gasteiger charge is 2.34. The lowest BCUT2D eigenvalue weighted by atomic mass is 9.98. The molecule has 3 aromatic rings. The fraction of sp³-hybridized carbons (Fsp3) is 0.348. The van der Waals surface area contributed by atoms with Gasteiger partial charge in [-0.15, -0.1) is 22.7 Å². The van der Waals surface area contributed by atoms with Crippen molar-refractivity contribution in [2.75, 3.05) is 44.2 Å². The van der Waals surface area contributed by atoms with Crippen LogP contribution in [0.3, 0.4) is 0 Å². The monoisotopic (exact) mass is 439 g/mol. The van der Waals surface area contributed by atoms with Crippen molar-refractivity contribution in [1.29, 1.82) is 0 Å². The molecule has 0 radical (unpaired) electrons. The van der Waals surface area contributed by atoms with E-state index in [1.54, 1.807) is 23.5 Å². The SMILES string of the molecule is O=C(CN1CCN(c2ccc(O)cc2)CC1)N1CCc2sccc2C1c1cccs1. The van der Waals surface area contributed by atoms with Crippen molar-refractivity contribution < 1.29 is 9.90 Å². The average Bonchev–Trinajstić information content (AvgIpc) is 3.46. The molecular weight excluding hydrogens is 414 g/mol. The van der Waals surface area contributed by atoms with E-state index in [1.807, 2.05) is 23.5 Å². The van der Waals surface area contributed by atoms with E-state index in [4.69, 9.17) is 0 Å². The fourth-order valence-corrected chi connectivity index (χ4v) is 6.21. The van der Waals surface area contributed by atoms with Crippen LogP contribution in [0, 0.1) is 0 Å². The molecule has 0 saturated carbocycles. The molecule has 0 aliphatic carbocycles. The second kappa shape index (κ2) is 8.41. The molecule has 5 nitrogen and oxygen atoms in total. The number of phenolic OH excluding ortho intramolecular Hbond substituents is 1. The van der Waals surface area contributed by atoms with Crippen LogP contribution in [0.1, 0.15) is 21.4 Å². The van der Waals surface area contributed by atoms with Crippen LogP contribution < -0.4 is 4.90 Å². The lowest BCUT2D eigenvalue weighted by molar-refractivity contribution is -0.134. The molecule has 2 aliphatic rings. The Balaban J connectivity index is 1.25. The van der Waals surface area contributed by atoms with Crippen molar-refractivity contribution in [3.8, 4) is 5.75 Å². The molecule has 0 bridgehead atoms. The Morgan fingerprint density at radius 3 is 2.50 bits per heavy atom. The summed E-state index contributed by atoms with van der Waals surface area (Å²) in [5, 5.41) is 13.7. The molecule has 7 heteroatoms. The second-order valence-electron chi connectivity index (χ2n) is 7.83. The van der Waals surface area contributed by atoms with Gasteiger partial charge in [0.1, 0.15) is 5.75 Å². The Hall–Kier alpha value is -2.35. The molecular formula is C23H25N3O2S2. The summed E-state index contributed by atoms with van der Waals surface area (Å²) in [6.07, 6.45) is 0.954. The zero-order chi connectivity index (χ0) is 20.5. The summed E-state index contributed by atoms with van der Waals surface area (Å²) in [4.78, 5) is 22.7. The number of phenols is 1. The number of hydrogen-bond donors (Lipinski definition) is 1. The Kier molecular flexibility index (Phi) is 5.50. The van der Waals surface area contributed by atoms with Gasteiger partial charge in [-0.1, -0.05) is 6.07 Å². The maximum absolute atomic E-state index is 13.3. The Morgan fingerprint density at radius 2 is 1.77 bits per heavy atom. The molecule has 1 saturated heterocycles. The lowest BCUT2D eigenvalue weighted by Crippen LogP contribution is -2.51. The highest BCUT2D eigenvalue weighted by Crippen LogP contribution is 2.39. The van der Waals surface area contributed by atoms with Gasteiger partial charge in [0.05, 0.1) is 12.6 Å². The van der Waals surface area contributed by atoms with Gasteiger partial charge in [0.2, 0.25) is 5.91 Å². The van der Waals surface area contributed by atoms with E-state index in [2.05, 4.69) is 43.7 Å². The summed E-state index contributed by atoms with van der Waals surface area (Å²) < 4.78 is 0. The van der Waals surface area contributed by atoms with E-state index in [-0.39, 0.29) is 11.9 Å². The molecule has 2 aromatic heterocycles. The topological polar surface area (TPSA) is 47.0 Å². The smallest absolute Gasteiger partial charge is 0.237 e. The summed E-state index contributed by atoms with van der Waals surface area (Å²) >= 11 is 3.55. The van der Waals surface area contributed by atoms with Gasteiger partial charge in [0.15, 0.2) is 0 Å². The minimum absolute atomic E-state index is 0.0609. The third kappa shape index (κ3) is 3.85. The predicted molar refractivity (Wildman–Crippen MR) is 123 cm³/mol. The van der Waals surface area contributed by atoms with Crippen LogP contribution in [0.15, 0.2) is 53.2 Å². The summed E-state index contributed by atoms with van der Waals surface area (Å²) in [6.45, 7) is 4.79. The maximum atomic E-state index is 13.3. The summed E-state index contributed by atoms with van der Waals surface area (Å²) in [6, 6.07) is 13.8. The van der Waals surface area contributed by atoms with Crippen molar-refractivity contribution in [3.05, 3.63) is 68.5 Å². The van der Waals surface area contributed by atoms with Gasteiger partial charge in [0, 0.05) is 48.2 Å². The standard InChI is InChI=1S/C23H25N3O2S2/c27-18-5-3-17(4-6-18)25-12-10-24(11-13-25)16-22(28)26-9-7-20-19(8-15-30-20)23(26)21-2-1-14-29-21/h1-6,8,14-15,23,27H,7,9-13,16H2. The van der Waals surface area contributed by atoms with Crippen molar-refractivity contribution in [3.63, 3.8) is 0 Å². The van der Waals surface area contributed by atoms with Gasteiger partial charge in [-0.2, -0.15) is 0 Å². The number of thiophene rings is 2. The first-order valence-corrected chi connectivity index (χ1v) is 12.1. The van der Waals surface area contributed by atoms with Crippen molar-refractivity contribution >= 4 is 34.3 Å². The highest BCUT2D eigenvalue weighted by molar-refractivity contribution is 7.10. The Morgan fingerprint density at radius 1 is 0.967 bits per heavy atom. The van der Waals surface area contributed by atoms with Crippen LogP contribution in [0.5, 0.6) is 5.75 Å². The minimum atomic E-state index is 0.0609. The van der Waals surface area contributed by atoms with Crippen LogP contribution in [-0.2, 0) is 11.2 Å². The normalized spacial score (nSPS) is 19.7. The number of fused-ring (bicyclic) bond motifs is 1. The summed E-state index contributed by atoms with van der Waals surface area (Å²) in [5.41, 5.74) is 2.43. The van der Waals surface area contributed by atoms with Crippen LogP contribution in [0.25, 0.3) is 0 Å². The largest absolute Gasteiger partial charge is 0.508 e. The fourth-order valence-electron chi connectivity index (χ4n) is 4.45. The quantitative estimate of drug-likeness (QED) is 0.672. The number of carbonyl (C=O) groups is 1. The van der Waals surface area contributed by atoms with Crippen LogP contribution in [0.2, 0.25) is 0 Å². The van der Waals surface area contributed by atoms with Gasteiger partial charge in [0.25, 0.3) is 0 Å². The van der Waals surface area contributed by atoms with Gasteiger partial charge in [-0.05, 0) is 59.1 Å². The maximum Gasteiger partial charge on any atom is 0.237 e. The van der Waals surface area contributed by atoms with Crippen molar-refractivity contribution in [2.45, 2.75) is 12.5 Å². The molecule has 0 spiro atoms. The van der Waals surface area contributed by atoms with Crippen molar-refractivity contribution in [1.82, 2.24) is 9.80 Å². The summed E-state index contributed by atoms with van der Waals surface area (Å²) in [5.74, 6) is 0.516. The second-order valence-corrected chi connectivity index (χ2v) is 9.81. The number of aromatic hydroxyl groups is 1. The summed E-state index contributed by atoms with van der Waals surface area (Å²) in [7, 11) is 0. The minimum Gasteiger partial charge on any atom is -0.508 e. The van der Waals surface area contributed by atoms with E-state index in [9.17, 15) is 9.90 Å². The van der Waals surface area contributed by atoms with Gasteiger partial charge < -0.3 is 14.9 Å². The van der Waals surface area contributed by atoms with Gasteiger partial charge in [-0.25, -0.2) is 0 Å². The number of rotatable bonds is 4. The van der Waals surface area contributed by atoms with Crippen LogP contribution in [0.4, 0.5) is 5.69 Å². The molecule has 1 unspecified atom stereocenters. The lowest BCUT2D eigenvalue weighted by Gasteiger charge is -2.39. The molecule has 1 aromatic carbocycles. The third-order valence-electron chi connectivity index (χ3n) is 6.04. The first-order chi connectivity index (χ1) is 14.7. The molecule has 5 rings (SSSR count). The van der Waals surface area contributed by atoms with Crippen LogP contribution in [-0.4, -0.2) is 60.1 Å². The van der Waals surface area contributed by atoms with Crippen LogP contribution >= 0.6 is 22.7 Å². The van der Waals surface area contributed by atoms with E-state index in [0.29, 0.717) is 12.3 Å². The van der Waals surface area contributed by atoms with E-state index < -0.39 is 0 Å². The number of benzene rings is 1. The molecule has 4 heterocycles. The van der Waals surface area contributed by atoms with Crippen molar-refractivity contribution in [2.24, 2.45) is 0 Å². The molecule has 156 valence electrons. The Bertz CT molecular complexity index is 992. The number of nitrogens with zero attached hydrogens (tertiary/aromatic N) is 3. The Labute approximate surface area is 184 Å². The molecule has 2 aliphatic heterocycles. The first-order valence-electron chi connectivity index (χ1n) is 10.3. The molecule has 1 fully saturated rings. The number of anilines is 1. The first kappa shape index (κ1) is 19.6. The highest BCUT2D eigenvalue weighted by atomic mass is 32.1. The molecule has 1 N–H and O–H groups in total. The van der Waals surface area contributed by atoms with E-state index in [0.717, 1.165) is 44.8 Å². The van der Waals surface area contributed by atoms with E-state index in [1.165, 1.54) is 15.3 Å². The van der Waals surface area contributed by atoms with Gasteiger partial charge >= 0.3 is 0 Å². The zero-order valence-corrected chi connectivity index (χ0v) is 18.4. The third-order valence-corrected chi connectivity index (χ3v) is 7.97. The number of amides is 1. The number of hydrogen-bond acceptors (Lipinski definition) is 6. The van der Waals surface area contributed by atoms with E-state index >= 15 is 0 Å². The van der Waals surface area contributed by atoms with Gasteiger partial charge in [-0.3, -0.25) is 9.69 Å². The zero-order valence-electron chi connectivity index (χ0n) is 16.7. The number of piperazine rings is 1.